The van der Waals surface area contributed by atoms with Crippen LogP contribution in [0.4, 0.5) is 4.39 Å². The molecular weight excluding hydrogens is 331 g/mol. The number of piperidine rings is 1. The van der Waals surface area contributed by atoms with Crippen molar-refractivity contribution in [2.75, 3.05) is 26.2 Å². The van der Waals surface area contributed by atoms with Gasteiger partial charge in [0.05, 0.1) is 0 Å². The SMILES string of the molecule is O=C(C1CCC1)N1CCC(C(=O)N2CCC(c3ccc(F)cc3)C2)CC1. The molecule has 1 aliphatic carbocycles. The summed E-state index contributed by atoms with van der Waals surface area (Å²) in [5, 5.41) is 0. The zero-order valence-corrected chi connectivity index (χ0v) is 15.2. The maximum absolute atomic E-state index is 13.1. The highest BCUT2D eigenvalue weighted by molar-refractivity contribution is 5.81. The van der Waals surface area contributed by atoms with E-state index < -0.39 is 0 Å². The molecule has 4 nitrogen and oxygen atoms in total. The largest absolute Gasteiger partial charge is 0.342 e. The van der Waals surface area contributed by atoms with Crippen molar-refractivity contribution in [3.05, 3.63) is 35.6 Å². The number of nitrogens with zero attached hydrogens (tertiary/aromatic N) is 2. The zero-order chi connectivity index (χ0) is 18.1. The van der Waals surface area contributed by atoms with Crippen molar-refractivity contribution >= 4 is 11.8 Å². The summed E-state index contributed by atoms with van der Waals surface area (Å²) in [7, 11) is 0. The van der Waals surface area contributed by atoms with Gasteiger partial charge in [-0.05, 0) is 49.8 Å². The average Bonchev–Trinajstić information content (AvgIpc) is 3.10. The number of carbonyl (C=O) groups excluding carboxylic acids is 2. The lowest BCUT2D eigenvalue weighted by Gasteiger charge is -2.37. The second-order valence-electron chi connectivity index (χ2n) is 8.05. The van der Waals surface area contributed by atoms with Gasteiger partial charge in [0, 0.05) is 43.9 Å². The summed E-state index contributed by atoms with van der Waals surface area (Å²) in [5.74, 6) is 0.928. The Bertz CT molecular complexity index is 663. The van der Waals surface area contributed by atoms with Gasteiger partial charge < -0.3 is 9.80 Å². The lowest BCUT2D eigenvalue weighted by Crippen LogP contribution is -2.46. The van der Waals surface area contributed by atoms with E-state index in [1.807, 2.05) is 21.9 Å². The van der Waals surface area contributed by atoms with E-state index in [0.29, 0.717) is 11.8 Å². The normalized spacial score (nSPS) is 24.6. The second kappa shape index (κ2) is 7.37. The molecule has 5 heteroatoms. The van der Waals surface area contributed by atoms with Gasteiger partial charge in [0.2, 0.25) is 11.8 Å². The highest BCUT2D eigenvalue weighted by Crippen LogP contribution is 2.32. The smallest absolute Gasteiger partial charge is 0.225 e. The number of halogens is 1. The van der Waals surface area contributed by atoms with Crippen LogP contribution in [0.15, 0.2) is 24.3 Å². The lowest BCUT2D eigenvalue weighted by atomic mass is 9.83. The Labute approximate surface area is 154 Å². The van der Waals surface area contributed by atoms with Crippen molar-refractivity contribution in [1.29, 1.82) is 0 Å². The number of benzene rings is 1. The Balaban J connectivity index is 1.28. The molecule has 4 rings (SSSR count). The molecule has 0 spiro atoms. The van der Waals surface area contributed by atoms with Crippen LogP contribution in [-0.4, -0.2) is 47.8 Å². The van der Waals surface area contributed by atoms with Gasteiger partial charge in [-0.1, -0.05) is 18.6 Å². The Morgan fingerprint density at radius 3 is 2.00 bits per heavy atom. The molecule has 2 aliphatic heterocycles. The van der Waals surface area contributed by atoms with Crippen LogP contribution in [0.1, 0.15) is 50.0 Å². The van der Waals surface area contributed by atoms with E-state index in [2.05, 4.69) is 0 Å². The molecule has 2 heterocycles. The fraction of sp³-hybridized carbons (Fsp3) is 0.619. The molecule has 140 valence electrons. The molecule has 26 heavy (non-hydrogen) atoms. The molecule has 1 atom stereocenters. The number of amides is 2. The van der Waals surface area contributed by atoms with Crippen molar-refractivity contribution in [3.63, 3.8) is 0 Å². The molecule has 1 unspecified atom stereocenters. The predicted octanol–water partition coefficient (Wildman–Crippen LogP) is 3.18. The molecule has 3 aliphatic rings. The quantitative estimate of drug-likeness (QED) is 0.833. The van der Waals surface area contributed by atoms with Crippen LogP contribution >= 0.6 is 0 Å². The highest BCUT2D eigenvalue weighted by Gasteiger charge is 2.36. The zero-order valence-electron chi connectivity index (χ0n) is 15.2. The van der Waals surface area contributed by atoms with Crippen molar-refractivity contribution in [2.45, 2.75) is 44.4 Å². The molecule has 3 fully saturated rings. The topological polar surface area (TPSA) is 40.6 Å². The van der Waals surface area contributed by atoms with E-state index in [9.17, 15) is 14.0 Å². The minimum Gasteiger partial charge on any atom is -0.342 e. The summed E-state index contributed by atoms with van der Waals surface area (Å²) in [5.41, 5.74) is 1.11. The number of likely N-dealkylation sites (tertiary alicyclic amines) is 2. The van der Waals surface area contributed by atoms with E-state index in [4.69, 9.17) is 0 Å². The lowest BCUT2D eigenvalue weighted by molar-refractivity contribution is -0.143. The molecule has 0 aromatic heterocycles. The number of hydrogen-bond acceptors (Lipinski definition) is 2. The molecule has 2 saturated heterocycles. The first kappa shape index (κ1) is 17.5. The van der Waals surface area contributed by atoms with Gasteiger partial charge in [-0.3, -0.25) is 9.59 Å². The standard InChI is InChI=1S/C21H27FN2O2/c22-19-6-4-15(5-7-19)18-10-13-24(14-18)21(26)17-8-11-23(12-9-17)20(25)16-2-1-3-16/h4-7,16-18H,1-3,8-14H2. The summed E-state index contributed by atoms with van der Waals surface area (Å²) in [6, 6.07) is 6.65. The third kappa shape index (κ3) is 3.49. The first-order chi connectivity index (χ1) is 12.6. The molecule has 0 radical (unpaired) electrons. The van der Waals surface area contributed by atoms with Gasteiger partial charge >= 0.3 is 0 Å². The number of hydrogen-bond donors (Lipinski definition) is 0. The maximum atomic E-state index is 13.1. The maximum Gasteiger partial charge on any atom is 0.225 e. The van der Waals surface area contributed by atoms with Crippen LogP contribution in [0.5, 0.6) is 0 Å². The molecule has 1 saturated carbocycles. The Kier molecular flexibility index (Phi) is 4.96. The van der Waals surface area contributed by atoms with Crippen LogP contribution in [0.2, 0.25) is 0 Å². The summed E-state index contributed by atoms with van der Waals surface area (Å²) >= 11 is 0. The van der Waals surface area contributed by atoms with Crippen molar-refractivity contribution in [2.24, 2.45) is 11.8 Å². The fourth-order valence-electron chi connectivity index (χ4n) is 4.49. The van der Waals surface area contributed by atoms with Crippen LogP contribution in [0.25, 0.3) is 0 Å². The van der Waals surface area contributed by atoms with E-state index in [0.717, 1.165) is 63.8 Å². The minimum atomic E-state index is -0.220. The molecule has 0 N–H and O–H groups in total. The van der Waals surface area contributed by atoms with Crippen LogP contribution in [0, 0.1) is 17.7 Å². The van der Waals surface area contributed by atoms with Gasteiger partial charge in [-0.15, -0.1) is 0 Å². The van der Waals surface area contributed by atoms with E-state index in [-0.39, 0.29) is 23.6 Å². The fourth-order valence-corrected chi connectivity index (χ4v) is 4.49. The second-order valence-corrected chi connectivity index (χ2v) is 8.05. The van der Waals surface area contributed by atoms with Gasteiger partial charge in [0.15, 0.2) is 0 Å². The molecule has 1 aromatic carbocycles. The van der Waals surface area contributed by atoms with Crippen LogP contribution in [-0.2, 0) is 9.59 Å². The number of rotatable bonds is 3. The number of carbonyl (C=O) groups is 2. The third-order valence-electron chi connectivity index (χ3n) is 6.45. The van der Waals surface area contributed by atoms with Crippen molar-refractivity contribution in [3.8, 4) is 0 Å². The van der Waals surface area contributed by atoms with Gasteiger partial charge in [-0.2, -0.15) is 0 Å². The van der Waals surface area contributed by atoms with E-state index >= 15 is 0 Å². The van der Waals surface area contributed by atoms with Crippen molar-refractivity contribution < 1.29 is 14.0 Å². The van der Waals surface area contributed by atoms with Gasteiger partial charge in [0.1, 0.15) is 5.82 Å². The van der Waals surface area contributed by atoms with Crippen LogP contribution in [0.3, 0.4) is 0 Å². The molecule has 0 bridgehead atoms. The summed E-state index contributed by atoms with van der Waals surface area (Å²) in [4.78, 5) is 29.2. The Hall–Kier alpha value is -1.91. The third-order valence-corrected chi connectivity index (χ3v) is 6.45. The van der Waals surface area contributed by atoms with Crippen LogP contribution < -0.4 is 0 Å². The predicted molar refractivity (Wildman–Crippen MR) is 97.0 cm³/mol. The summed E-state index contributed by atoms with van der Waals surface area (Å²) < 4.78 is 13.1. The Morgan fingerprint density at radius 1 is 0.808 bits per heavy atom. The highest BCUT2D eigenvalue weighted by atomic mass is 19.1. The minimum absolute atomic E-state index is 0.0485. The molecule has 1 aromatic rings. The summed E-state index contributed by atoms with van der Waals surface area (Å²) in [6.07, 6.45) is 5.77. The first-order valence-corrected chi connectivity index (χ1v) is 9.95. The van der Waals surface area contributed by atoms with E-state index in [1.165, 1.54) is 18.6 Å². The Morgan fingerprint density at radius 2 is 1.38 bits per heavy atom. The van der Waals surface area contributed by atoms with E-state index in [1.54, 1.807) is 0 Å². The monoisotopic (exact) mass is 358 g/mol. The van der Waals surface area contributed by atoms with Crippen molar-refractivity contribution in [1.82, 2.24) is 9.80 Å². The average molecular weight is 358 g/mol. The van der Waals surface area contributed by atoms with Gasteiger partial charge in [-0.25, -0.2) is 4.39 Å². The summed E-state index contributed by atoms with van der Waals surface area (Å²) in [6.45, 7) is 2.95. The van der Waals surface area contributed by atoms with Gasteiger partial charge in [0.25, 0.3) is 0 Å². The molecular formula is C21H27FN2O2. The molecule has 2 amide bonds. The first-order valence-electron chi connectivity index (χ1n) is 9.95.